The Labute approximate surface area is 207 Å². The molecule has 0 unspecified atom stereocenters. The number of amides is 2. The lowest BCUT2D eigenvalue weighted by Crippen LogP contribution is -2.49. The highest BCUT2D eigenvalue weighted by Crippen LogP contribution is 2.31. The molecule has 0 spiro atoms. The highest BCUT2D eigenvalue weighted by Gasteiger charge is 2.25. The van der Waals surface area contributed by atoms with Crippen molar-refractivity contribution in [1.82, 2.24) is 15.6 Å². The normalized spacial score (nSPS) is 11.9. The maximum atomic E-state index is 12.9. The van der Waals surface area contributed by atoms with Gasteiger partial charge >= 0.3 is 0 Å². The second kappa shape index (κ2) is 10.6. The monoisotopic (exact) mass is 493 g/mol. The van der Waals surface area contributed by atoms with E-state index >= 15 is 0 Å². The summed E-state index contributed by atoms with van der Waals surface area (Å²) in [5.41, 5.74) is 1.26. The predicted molar refractivity (Wildman–Crippen MR) is 135 cm³/mol. The third kappa shape index (κ3) is 5.63. The first-order valence-corrected chi connectivity index (χ1v) is 12.0. The van der Waals surface area contributed by atoms with E-state index in [1.165, 1.54) is 14.2 Å². The van der Waals surface area contributed by atoms with Crippen LogP contribution >= 0.6 is 11.3 Å². The molecule has 0 bridgehead atoms. The van der Waals surface area contributed by atoms with Gasteiger partial charge in [-0.25, -0.2) is 4.98 Å². The van der Waals surface area contributed by atoms with Gasteiger partial charge in [-0.1, -0.05) is 26.0 Å². The second-order valence-electron chi connectivity index (χ2n) is 8.27. The zero-order valence-corrected chi connectivity index (χ0v) is 20.8. The fourth-order valence-corrected chi connectivity index (χ4v) is 4.48. The number of para-hydroxylation sites is 1. The SMILES string of the molecule is COc1cc(OC)cc(C(=O)N[C@H](C(=O)NCc2ccc(-c3nc4ccccc4s3)o2)C(C)C)c1. The molecule has 2 heterocycles. The Balaban J connectivity index is 1.41. The van der Waals surface area contributed by atoms with Crippen molar-refractivity contribution in [2.75, 3.05) is 14.2 Å². The maximum Gasteiger partial charge on any atom is 0.252 e. The minimum Gasteiger partial charge on any atom is -0.497 e. The quantitative estimate of drug-likeness (QED) is 0.352. The van der Waals surface area contributed by atoms with Gasteiger partial charge in [0.2, 0.25) is 5.91 Å². The molecule has 4 rings (SSSR count). The van der Waals surface area contributed by atoms with Crippen molar-refractivity contribution in [3.05, 3.63) is 65.9 Å². The minimum absolute atomic E-state index is 0.138. The number of fused-ring (bicyclic) bond motifs is 1. The van der Waals surface area contributed by atoms with Gasteiger partial charge in [0.15, 0.2) is 10.8 Å². The number of nitrogens with zero attached hydrogens (tertiary/aromatic N) is 1. The van der Waals surface area contributed by atoms with Crippen LogP contribution in [-0.4, -0.2) is 37.1 Å². The predicted octanol–water partition coefficient (Wildman–Crippen LogP) is 4.64. The van der Waals surface area contributed by atoms with E-state index < -0.39 is 11.9 Å². The average Bonchev–Trinajstić information content (AvgIpc) is 3.52. The summed E-state index contributed by atoms with van der Waals surface area (Å²) in [5.74, 6) is 1.38. The van der Waals surface area contributed by atoms with E-state index in [2.05, 4.69) is 15.6 Å². The van der Waals surface area contributed by atoms with Crippen LogP contribution < -0.4 is 20.1 Å². The first-order valence-electron chi connectivity index (χ1n) is 11.1. The number of carbonyl (C=O) groups is 2. The molecule has 0 fully saturated rings. The van der Waals surface area contributed by atoms with Crippen LogP contribution in [0.25, 0.3) is 21.0 Å². The number of furan rings is 1. The van der Waals surface area contributed by atoms with Crippen LogP contribution in [0.4, 0.5) is 0 Å². The van der Waals surface area contributed by atoms with Crippen molar-refractivity contribution in [3.63, 3.8) is 0 Å². The van der Waals surface area contributed by atoms with E-state index in [9.17, 15) is 9.59 Å². The molecule has 0 saturated heterocycles. The Morgan fingerprint density at radius 1 is 1.03 bits per heavy atom. The van der Waals surface area contributed by atoms with Gasteiger partial charge in [-0.3, -0.25) is 9.59 Å². The third-order valence-corrected chi connectivity index (χ3v) is 6.50. The first kappa shape index (κ1) is 24.3. The standard InChI is InChI=1S/C26H27N3O5S/c1-15(2)23(29-24(30)16-11-18(32-3)13-19(12-16)33-4)25(31)27-14-17-9-10-21(34-17)26-28-20-7-5-6-8-22(20)35-26/h5-13,15,23H,14H2,1-4H3,(H,27,31)(H,29,30)/t23-/m0/s1. The van der Waals surface area contributed by atoms with Gasteiger partial charge < -0.3 is 24.5 Å². The number of carbonyl (C=O) groups excluding carboxylic acids is 2. The van der Waals surface area contributed by atoms with Gasteiger partial charge in [0.1, 0.15) is 23.3 Å². The third-order valence-electron chi connectivity index (χ3n) is 5.45. The van der Waals surface area contributed by atoms with Gasteiger partial charge in [0.05, 0.1) is 31.0 Å². The fourth-order valence-electron chi connectivity index (χ4n) is 3.55. The lowest BCUT2D eigenvalue weighted by molar-refractivity contribution is -0.124. The van der Waals surface area contributed by atoms with Gasteiger partial charge in [0, 0.05) is 11.6 Å². The minimum atomic E-state index is -0.738. The van der Waals surface area contributed by atoms with Crippen LogP contribution in [0.1, 0.15) is 30.0 Å². The van der Waals surface area contributed by atoms with Crippen molar-refractivity contribution < 1.29 is 23.5 Å². The number of ether oxygens (including phenoxy) is 2. The molecule has 0 aliphatic rings. The van der Waals surface area contributed by atoms with Gasteiger partial charge in [-0.15, -0.1) is 11.3 Å². The van der Waals surface area contributed by atoms with Gasteiger partial charge in [-0.2, -0.15) is 0 Å². The molecule has 8 nitrogen and oxygen atoms in total. The van der Waals surface area contributed by atoms with Crippen LogP contribution in [0, 0.1) is 5.92 Å². The molecule has 0 radical (unpaired) electrons. The maximum absolute atomic E-state index is 12.9. The lowest BCUT2D eigenvalue weighted by atomic mass is 10.0. The van der Waals surface area contributed by atoms with E-state index in [0.29, 0.717) is 28.6 Å². The van der Waals surface area contributed by atoms with E-state index in [4.69, 9.17) is 13.9 Å². The summed E-state index contributed by atoms with van der Waals surface area (Å²) in [7, 11) is 3.02. The molecule has 0 saturated carbocycles. The fraction of sp³-hybridized carbons (Fsp3) is 0.269. The summed E-state index contributed by atoms with van der Waals surface area (Å²) in [6.07, 6.45) is 0. The van der Waals surface area contributed by atoms with Gasteiger partial charge in [-0.05, 0) is 42.3 Å². The largest absolute Gasteiger partial charge is 0.497 e. The smallest absolute Gasteiger partial charge is 0.252 e. The lowest BCUT2D eigenvalue weighted by Gasteiger charge is -2.21. The Morgan fingerprint density at radius 2 is 1.74 bits per heavy atom. The molecular weight excluding hydrogens is 466 g/mol. The van der Waals surface area contributed by atoms with Crippen LogP contribution in [-0.2, 0) is 11.3 Å². The molecule has 2 N–H and O–H groups in total. The number of methoxy groups -OCH3 is 2. The number of aromatic nitrogens is 1. The van der Waals surface area contributed by atoms with Crippen molar-refractivity contribution in [2.24, 2.45) is 5.92 Å². The molecule has 4 aromatic rings. The van der Waals surface area contributed by atoms with E-state index in [0.717, 1.165) is 15.2 Å². The molecule has 0 aliphatic heterocycles. The Kier molecular flexibility index (Phi) is 7.36. The van der Waals surface area contributed by atoms with E-state index in [-0.39, 0.29) is 18.4 Å². The number of nitrogens with one attached hydrogen (secondary N) is 2. The van der Waals surface area contributed by atoms with Crippen molar-refractivity contribution in [2.45, 2.75) is 26.4 Å². The zero-order valence-electron chi connectivity index (χ0n) is 20.0. The number of rotatable bonds is 9. The first-order chi connectivity index (χ1) is 16.9. The van der Waals surface area contributed by atoms with E-state index in [1.807, 2.05) is 50.2 Å². The zero-order chi connectivity index (χ0) is 24.9. The average molecular weight is 494 g/mol. The molecule has 182 valence electrons. The molecule has 35 heavy (non-hydrogen) atoms. The summed E-state index contributed by atoms with van der Waals surface area (Å²) in [6.45, 7) is 3.93. The summed E-state index contributed by atoms with van der Waals surface area (Å²) in [6, 6.07) is 15.7. The van der Waals surface area contributed by atoms with Crippen molar-refractivity contribution in [3.8, 4) is 22.3 Å². The van der Waals surface area contributed by atoms with Gasteiger partial charge in [0.25, 0.3) is 5.91 Å². The molecular formula is C26H27N3O5S. The summed E-state index contributed by atoms with van der Waals surface area (Å²) in [4.78, 5) is 30.4. The Bertz CT molecular complexity index is 1290. The second-order valence-corrected chi connectivity index (χ2v) is 9.30. The van der Waals surface area contributed by atoms with Crippen LogP contribution in [0.5, 0.6) is 11.5 Å². The molecule has 2 amide bonds. The molecule has 2 aromatic heterocycles. The number of hydrogen-bond acceptors (Lipinski definition) is 7. The van der Waals surface area contributed by atoms with Crippen LogP contribution in [0.3, 0.4) is 0 Å². The number of benzene rings is 2. The summed E-state index contributed by atoms with van der Waals surface area (Å²) >= 11 is 1.55. The molecule has 9 heteroatoms. The number of hydrogen-bond donors (Lipinski definition) is 2. The summed E-state index contributed by atoms with van der Waals surface area (Å²) in [5, 5.41) is 6.46. The Morgan fingerprint density at radius 3 is 2.40 bits per heavy atom. The Hall–Kier alpha value is -3.85. The van der Waals surface area contributed by atoms with Crippen molar-refractivity contribution >= 4 is 33.4 Å². The van der Waals surface area contributed by atoms with E-state index in [1.54, 1.807) is 29.5 Å². The highest BCUT2D eigenvalue weighted by molar-refractivity contribution is 7.21. The molecule has 0 aliphatic carbocycles. The highest BCUT2D eigenvalue weighted by atomic mass is 32.1. The topological polar surface area (TPSA) is 103 Å². The van der Waals surface area contributed by atoms with Crippen LogP contribution in [0.15, 0.2) is 59.0 Å². The molecule has 1 atom stereocenters. The van der Waals surface area contributed by atoms with Crippen molar-refractivity contribution in [1.29, 1.82) is 0 Å². The molecule has 2 aromatic carbocycles. The number of thiazole rings is 1. The summed E-state index contributed by atoms with van der Waals surface area (Å²) < 4.78 is 17.5. The van der Waals surface area contributed by atoms with Crippen LogP contribution in [0.2, 0.25) is 0 Å².